The van der Waals surface area contributed by atoms with Crippen molar-refractivity contribution in [2.75, 3.05) is 20.1 Å². The molecule has 5 heteroatoms. The number of hydrogen-bond acceptors (Lipinski definition) is 2. The predicted molar refractivity (Wildman–Crippen MR) is 68.9 cm³/mol. The summed E-state index contributed by atoms with van der Waals surface area (Å²) in [7, 11) is 1.74. The van der Waals surface area contributed by atoms with Crippen molar-refractivity contribution in [1.29, 1.82) is 0 Å². The molecule has 4 nitrogen and oxygen atoms in total. The number of amides is 2. The van der Waals surface area contributed by atoms with Gasteiger partial charge in [0.15, 0.2) is 0 Å². The Balaban J connectivity index is 2.04. The summed E-state index contributed by atoms with van der Waals surface area (Å²) in [4.78, 5) is 27.2. The van der Waals surface area contributed by atoms with Gasteiger partial charge in [0.05, 0.1) is 6.42 Å². The van der Waals surface area contributed by atoms with Gasteiger partial charge >= 0.3 is 0 Å². The van der Waals surface area contributed by atoms with E-state index in [9.17, 15) is 14.0 Å². The maximum atomic E-state index is 12.8. The lowest BCUT2D eigenvalue weighted by molar-refractivity contribution is -0.149. The molecule has 1 unspecified atom stereocenters. The minimum atomic E-state index is -0.424. The fraction of sp³-hybridized carbons (Fsp3) is 0.429. The first-order valence-corrected chi connectivity index (χ1v) is 6.28. The number of carbonyl (C=O) groups excluding carboxylic acids is 2. The van der Waals surface area contributed by atoms with Crippen molar-refractivity contribution in [3.63, 3.8) is 0 Å². The van der Waals surface area contributed by atoms with E-state index in [1.165, 1.54) is 12.1 Å². The normalized spacial score (nSPS) is 19.7. The number of nitrogens with zero attached hydrogens (tertiary/aromatic N) is 2. The maximum Gasteiger partial charge on any atom is 0.244 e. The van der Waals surface area contributed by atoms with E-state index in [2.05, 4.69) is 0 Å². The Morgan fingerprint density at radius 3 is 2.58 bits per heavy atom. The summed E-state index contributed by atoms with van der Waals surface area (Å²) in [5.41, 5.74) is 0.755. The Morgan fingerprint density at radius 2 is 1.95 bits per heavy atom. The molecule has 1 aromatic carbocycles. The smallest absolute Gasteiger partial charge is 0.244 e. The fourth-order valence-electron chi connectivity index (χ4n) is 2.23. The molecule has 1 fully saturated rings. The molecule has 1 heterocycles. The zero-order valence-corrected chi connectivity index (χ0v) is 11.1. The SMILES string of the molecule is CC1C(=O)N(C)CCN1C(=O)Cc1ccc(F)cc1. The lowest BCUT2D eigenvalue weighted by Gasteiger charge is -2.37. The average Bonchev–Trinajstić information content (AvgIpc) is 2.39. The van der Waals surface area contributed by atoms with Gasteiger partial charge in [0.1, 0.15) is 11.9 Å². The molecule has 1 atom stereocenters. The van der Waals surface area contributed by atoms with Crippen LogP contribution >= 0.6 is 0 Å². The summed E-state index contributed by atoms with van der Waals surface area (Å²) in [6.45, 7) is 2.84. The van der Waals surface area contributed by atoms with Crippen LogP contribution in [0.1, 0.15) is 12.5 Å². The standard InChI is InChI=1S/C14H17FN2O2/c1-10-14(19)16(2)7-8-17(10)13(18)9-11-3-5-12(15)6-4-11/h3-6,10H,7-9H2,1-2H3. The van der Waals surface area contributed by atoms with Gasteiger partial charge in [-0.2, -0.15) is 0 Å². The first kappa shape index (κ1) is 13.5. The summed E-state index contributed by atoms with van der Waals surface area (Å²) < 4.78 is 12.8. The van der Waals surface area contributed by atoms with Crippen LogP contribution in [0.4, 0.5) is 4.39 Å². The summed E-state index contributed by atoms with van der Waals surface area (Å²) in [6, 6.07) is 5.43. The molecule has 1 saturated heterocycles. The van der Waals surface area contributed by atoms with Gasteiger partial charge in [-0.05, 0) is 24.6 Å². The fourth-order valence-corrected chi connectivity index (χ4v) is 2.23. The van der Waals surface area contributed by atoms with Crippen molar-refractivity contribution < 1.29 is 14.0 Å². The molecule has 2 amide bonds. The van der Waals surface area contributed by atoms with Gasteiger partial charge in [-0.25, -0.2) is 4.39 Å². The van der Waals surface area contributed by atoms with Crippen LogP contribution < -0.4 is 0 Å². The highest BCUT2D eigenvalue weighted by atomic mass is 19.1. The molecule has 0 saturated carbocycles. The van der Waals surface area contributed by atoms with Crippen LogP contribution in [0.25, 0.3) is 0 Å². The molecule has 1 aromatic rings. The zero-order valence-electron chi connectivity index (χ0n) is 11.1. The van der Waals surface area contributed by atoms with Crippen LogP contribution in [0.15, 0.2) is 24.3 Å². The molecule has 1 aliphatic rings. The molecule has 102 valence electrons. The second-order valence-corrected chi connectivity index (χ2v) is 4.83. The lowest BCUT2D eigenvalue weighted by atomic mass is 10.1. The van der Waals surface area contributed by atoms with E-state index in [0.29, 0.717) is 13.1 Å². The Hall–Kier alpha value is -1.91. The molecule has 19 heavy (non-hydrogen) atoms. The molecule has 0 bridgehead atoms. The monoisotopic (exact) mass is 264 g/mol. The topological polar surface area (TPSA) is 40.6 Å². The van der Waals surface area contributed by atoms with Gasteiger partial charge in [-0.1, -0.05) is 12.1 Å². The van der Waals surface area contributed by atoms with E-state index < -0.39 is 6.04 Å². The Kier molecular flexibility index (Phi) is 3.83. The number of benzene rings is 1. The predicted octanol–water partition coefficient (Wildman–Crippen LogP) is 1.06. The number of carbonyl (C=O) groups is 2. The van der Waals surface area contributed by atoms with E-state index in [1.807, 2.05) is 0 Å². The third-order valence-electron chi connectivity index (χ3n) is 3.47. The Bertz CT molecular complexity index is 487. The minimum Gasteiger partial charge on any atom is -0.342 e. The zero-order chi connectivity index (χ0) is 14.0. The van der Waals surface area contributed by atoms with Gasteiger partial charge in [-0.15, -0.1) is 0 Å². The van der Waals surface area contributed by atoms with E-state index in [4.69, 9.17) is 0 Å². The first-order chi connectivity index (χ1) is 8.99. The van der Waals surface area contributed by atoms with Gasteiger partial charge in [0, 0.05) is 20.1 Å². The number of piperazine rings is 1. The van der Waals surface area contributed by atoms with Crippen LogP contribution in [-0.4, -0.2) is 47.8 Å². The molecule has 0 spiro atoms. The number of likely N-dealkylation sites (N-methyl/N-ethyl adjacent to an activating group) is 1. The number of halogens is 1. The van der Waals surface area contributed by atoms with Crippen molar-refractivity contribution in [2.45, 2.75) is 19.4 Å². The van der Waals surface area contributed by atoms with Crippen LogP contribution in [0.2, 0.25) is 0 Å². The van der Waals surface area contributed by atoms with Crippen molar-refractivity contribution in [3.05, 3.63) is 35.6 Å². The Labute approximate surface area is 111 Å². The van der Waals surface area contributed by atoms with Crippen molar-refractivity contribution >= 4 is 11.8 Å². The third kappa shape index (κ3) is 2.92. The van der Waals surface area contributed by atoms with E-state index in [1.54, 1.807) is 35.9 Å². The largest absolute Gasteiger partial charge is 0.342 e. The molecular weight excluding hydrogens is 247 g/mol. The van der Waals surface area contributed by atoms with Gasteiger partial charge < -0.3 is 9.80 Å². The van der Waals surface area contributed by atoms with E-state index in [0.717, 1.165) is 5.56 Å². The number of rotatable bonds is 2. The average molecular weight is 264 g/mol. The molecule has 1 aliphatic heterocycles. The van der Waals surface area contributed by atoms with Crippen LogP contribution in [0.5, 0.6) is 0 Å². The molecular formula is C14H17FN2O2. The summed E-state index contributed by atoms with van der Waals surface area (Å²) in [5.74, 6) is -0.460. The molecule has 0 aliphatic carbocycles. The molecule has 0 N–H and O–H groups in total. The van der Waals surface area contributed by atoms with Crippen LogP contribution in [0, 0.1) is 5.82 Å². The third-order valence-corrected chi connectivity index (χ3v) is 3.47. The highest BCUT2D eigenvalue weighted by Gasteiger charge is 2.32. The second kappa shape index (κ2) is 5.38. The van der Waals surface area contributed by atoms with E-state index >= 15 is 0 Å². The Morgan fingerprint density at radius 1 is 1.32 bits per heavy atom. The molecule has 0 aromatic heterocycles. The second-order valence-electron chi connectivity index (χ2n) is 4.83. The van der Waals surface area contributed by atoms with Crippen LogP contribution in [-0.2, 0) is 16.0 Å². The molecule has 2 rings (SSSR count). The maximum absolute atomic E-state index is 12.8. The van der Waals surface area contributed by atoms with Gasteiger partial charge in [-0.3, -0.25) is 9.59 Å². The quantitative estimate of drug-likeness (QED) is 0.801. The van der Waals surface area contributed by atoms with E-state index in [-0.39, 0.29) is 24.1 Å². The van der Waals surface area contributed by atoms with Gasteiger partial charge in [0.2, 0.25) is 11.8 Å². The lowest BCUT2D eigenvalue weighted by Crippen LogP contribution is -2.56. The minimum absolute atomic E-state index is 0.0429. The van der Waals surface area contributed by atoms with Crippen molar-refractivity contribution in [1.82, 2.24) is 9.80 Å². The molecule has 0 radical (unpaired) electrons. The summed E-state index contributed by atoms with van der Waals surface area (Å²) in [5, 5.41) is 0. The van der Waals surface area contributed by atoms with Crippen LogP contribution in [0.3, 0.4) is 0 Å². The van der Waals surface area contributed by atoms with Crippen molar-refractivity contribution in [3.8, 4) is 0 Å². The summed E-state index contributed by atoms with van der Waals surface area (Å²) in [6.07, 6.45) is 0.196. The summed E-state index contributed by atoms with van der Waals surface area (Å²) >= 11 is 0. The highest BCUT2D eigenvalue weighted by Crippen LogP contribution is 2.12. The first-order valence-electron chi connectivity index (χ1n) is 6.28. The van der Waals surface area contributed by atoms with Crippen molar-refractivity contribution in [2.24, 2.45) is 0 Å². The van der Waals surface area contributed by atoms with Gasteiger partial charge in [0.25, 0.3) is 0 Å². The number of hydrogen-bond donors (Lipinski definition) is 0. The highest BCUT2D eigenvalue weighted by molar-refractivity contribution is 5.89.